The van der Waals surface area contributed by atoms with E-state index in [1.54, 1.807) is 11.3 Å². The number of aromatic nitrogens is 2. The van der Waals surface area contributed by atoms with Crippen molar-refractivity contribution in [1.29, 1.82) is 0 Å². The van der Waals surface area contributed by atoms with Crippen molar-refractivity contribution < 1.29 is 4.79 Å². The average molecular weight is 323 g/mol. The molecule has 1 amide bonds. The Balaban J connectivity index is 1.60. The number of nitrogens with one attached hydrogen (secondary N) is 1. The maximum Gasteiger partial charge on any atom is 0.272 e. The van der Waals surface area contributed by atoms with Crippen LogP contribution >= 0.6 is 11.3 Å². The lowest BCUT2D eigenvalue weighted by atomic mass is 10.0. The summed E-state index contributed by atoms with van der Waals surface area (Å²) in [5, 5.41) is 9.30. The molecule has 0 unspecified atom stereocenters. The molecule has 2 aromatic heterocycles. The molecular weight excluding hydrogens is 306 g/mol. The van der Waals surface area contributed by atoms with Crippen LogP contribution < -0.4 is 0 Å². The van der Waals surface area contributed by atoms with Crippen molar-refractivity contribution in [2.75, 3.05) is 6.54 Å². The first-order valence-electron chi connectivity index (χ1n) is 7.72. The molecule has 1 aromatic carbocycles. The lowest BCUT2D eigenvalue weighted by Crippen LogP contribution is -2.38. The molecule has 4 rings (SSSR count). The van der Waals surface area contributed by atoms with Gasteiger partial charge in [-0.25, -0.2) is 0 Å². The Bertz CT molecular complexity index is 837. The van der Waals surface area contributed by atoms with Crippen LogP contribution in [0.1, 0.15) is 33.9 Å². The molecule has 0 spiro atoms. The zero-order valence-electron chi connectivity index (χ0n) is 12.8. The molecule has 0 fully saturated rings. The van der Waals surface area contributed by atoms with Crippen LogP contribution in [0.5, 0.6) is 0 Å². The maximum absolute atomic E-state index is 12.8. The number of thiophene rings is 1. The molecule has 5 heteroatoms. The van der Waals surface area contributed by atoms with Crippen LogP contribution in [0.2, 0.25) is 0 Å². The van der Waals surface area contributed by atoms with Crippen LogP contribution in [0.25, 0.3) is 11.3 Å². The summed E-state index contributed by atoms with van der Waals surface area (Å²) in [7, 11) is 0. The summed E-state index contributed by atoms with van der Waals surface area (Å²) in [6, 6.07) is 14.0. The highest BCUT2D eigenvalue weighted by Gasteiger charge is 2.29. The lowest BCUT2D eigenvalue weighted by molar-refractivity contribution is 0.0673. The highest BCUT2D eigenvalue weighted by Crippen LogP contribution is 2.33. The summed E-state index contributed by atoms with van der Waals surface area (Å²) in [6.45, 7) is 2.85. The highest BCUT2D eigenvalue weighted by atomic mass is 32.1. The summed E-state index contributed by atoms with van der Waals surface area (Å²) < 4.78 is 0. The molecule has 1 aliphatic heterocycles. The van der Waals surface area contributed by atoms with E-state index >= 15 is 0 Å². The first-order valence-corrected chi connectivity index (χ1v) is 8.60. The van der Waals surface area contributed by atoms with Crippen molar-refractivity contribution in [2.24, 2.45) is 0 Å². The van der Waals surface area contributed by atoms with Gasteiger partial charge in [-0.2, -0.15) is 5.10 Å². The zero-order valence-corrected chi connectivity index (χ0v) is 13.6. The number of carbonyl (C=O) groups is 1. The predicted molar refractivity (Wildman–Crippen MR) is 91.5 cm³/mol. The SMILES string of the molecule is C[C@@H]1c2ccsc2CCN1C(=O)c1cc(-c2ccccc2)n[nH]1. The van der Waals surface area contributed by atoms with Crippen molar-refractivity contribution >= 4 is 17.2 Å². The highest BCUT2D eigenvalue weighted by molar-refractivity contribution is 7.10. The van der Waals surface area contributed by atoms with E-state index in [0.717, 1.165) is 24.2 Å². The number of hydrogen-bond acceptors (Lipinski definition) is 3. The summed E-state index contributed by atoms with van der Waals surface area (Å²) >= 11 is 1.78. The molecule has 116 valence electrons. The second-order valence-electron chi connectivity index (χ2n) is 5.76. The minimum absolute atomic E-state index is 0.0176. The Morgan fingerprint density at radius 1 is 1.30 bits per heavy atom. The fraction of sp³-hybridized carbons (Fsp3) is 0.222. The van der Waals surface area contributed by atoms with Crippen molar-refractivity contribution in [2.45, 2.75) is 19.4 Å². The molecule has 0 radical (unpaired) electrons. The maximum atomic E-state index is 12.8. The molecule has 0 bridgehead atoms. The van der Waals surface area contributed by atoms with E-state index in [1.165, 1.54) is 10.4 Å². The van der Waals surface area contributed by atoms with E-state index in [-0.39, 0.29) is 11.9 Å². The number of carbonyl (C=O) groups excluding carboxylic acids is 1. The van der Waals surface area contributed by atoms with Gasteiger partial charge in [0.2, 0.25) is 0 Å². The quantitative estimate of drug-likeness (QED) is 0.777. The molecule has 3 heterocycles. The lowest BCUT2D eigenvalue weighted by Gasteiger charge is -2.33. The third kappa shape index (κ3) is 2.47. The monoisotopic (exact) mass is 323 g/mol. The second kappa shape index (κ2) is 5.66. The minimum atomic E-state index is 0.0176. The summed E-state index contributed by atoms with van der Waals surface area (Å²) in [4.78, 5) is 16.2. The van der Waals surface area contributed by atoms with Crippen molar-refractivity contribution in [3.05, 3.63) is 64.0 Å². The van der Waals surface area contributed by atoms with Gasteiger partial charge in [-0.05, 0) is 36.4 Å². The standard InChI is InChI=1S/C18H17N3OS/c1-12-14-8-10-23-17(14)7-9-21(12)18(22)16-11-15(19-20-16)13-5-3-2-4-6-13/h2-6,8,10-12H,7,9H2,1H3,(H,19,20)/t12-/m1/s1. The molecule has 3 aromatic rings. The number of fused-ring (bicyclic) bond motifs is 1. The van der Waals surface area contributed by atoms with Gasteiger partial charge < -0.3 is 4.90 Å². The van der Waals surface area contributed by atoms with Gasteiger partial charge in [0.25, 0.3) is 5.91 Å². The van der Waals surface area contributed by atoms with Crippen LogP contribution in [-0.2, 0) is 6.42 Å². The largest absolute Gasteiger partial charge is 0.330 e. The molecule has 4 nitrogen and oxygen atoms in total. The minimum Gasteiger partial charge on any atom is -0.330 e. The van der Waals surface area contributed by atoms with Crippen LogP contribution in [0, 0.1) is 0 Å². The van der Waals surface area contributed by atoms with Gasteiger partial charge in [0.15, 0.2) is 0 Å². The summed E-state index contributed by atoms with van der Waals surface area (Å²) in [6.07, 6.45) is 0.933. The van der Waals surface area contributed by atoms with E-state index < -0.39 is 0 Å². The van der Waals surface area contributed by atoms with Gasteiger partial charge in [0.1, 0.15) is 5.69 Å². The fourth-order valence-electron chi connectivity index (χ4n) is 3.13. The van der Waals surface area contributed by atoms with Gasteiger partial charge in [-0.3, -0.25) is 9.89 Å². The summed E-state index contributed by atoms with van der Waals surface area (Å²) in [5.41, 5.74) is 3.64. The molecule has 0 saturated carbocycles. The molecule has 0 saturated heterocycles. The molecule has 1 N–H and O–H groups in total. The molecule has 1 atom stereocenters. The molecule has 1 aliphatic rings. The van der Waals surface area contributed by atoms with Crippen molar-refractivity contribution in [3.63, 3.8) is 0 Å². The fourth-order valence-corrected chi connectivity index (χ4v) is 4.09. The third-order valence-electron chi connectivity index (χ3n) is 4.42. The smallest absolute Gasteiger partial charge is 0.272 e. The number of H-pyrrole nitrogens is 1. The number of amides is 1. The Kier molecular flexibility index (Phi) is 3.50. The van der Waals surface area contributed by atoms with Crippen LogP contribution in [-0.4, -0.2) is 27.5 Å². The van der Waals surface area contributed by atoms with Gasteiger partial charge >= 0.3 is 0 Å². The van der Waals surface area contributed by atoms with Crippen LogP contribution in [0.4, 0.5) is 0 Å². The van der Waals surface area contributed by atoms with E-state index in [0.29, 0.717) is 5.69 Å². The third-order valence-corrected chi connectivity index (χ3v) is 5.41. The van der Waals surface area contributed by atoms with Crippen LogP contribution in [0.15, 0.2) is 47.8 Å². The average Bonchev–Trinajstić information content (AvgIpc) is 3.25. The van der Waals surface area contributed by atoms with E-state index in [9.17, 15) is 4.79 Å². The number of rotatable bonds is 2. The zero-order chi connectivity index (χ0) is 15.8. The van der Waals surface area contributed by atoms with E-state index in [4.69, 9.17) is 0 Å². The molecule has 23 heavy (non-hydrogen) atoms. The predicted octanol–water partition coefficient (Wildman–Crippen LogP) is 3.90. The number of nitrogens with zero attached hydrogens (tertiary/aromatic N) is 2. The normalized spacial score (nSPS) is 17.1. The second-order valence-corrected chi connectivity index (χ2v) is 6.76. The Morgan fingerprint density at radius 2 is 2.13 bits per heavy atom. The van der Waals surface area contributed by atoms with E-state index in [2.05, 4.69) is 28.6 Å². The number of benzene rings is 1. The van der Waals surface area contributed by atoms with Crippen molar-refractivity contribution in [3.8, 4) is 11.3 Å². The Hall–Kier alpha value is -2.40. The van der Waals surface area contributed by atoms with Crippen LogP contribution in [0.3, 0.4) is 0 Å². The molecule has 0 aliphatic carbocycles. The van der Waals surface area contributed by atoms with Gasteiger partial charge in [-0.15, -0.1) is 11.3 Å². The number of hydrogen-bond donors (Lipinski definition) is 1. The Morgan fingerprint density at radius 3 is 2.96 bits per heavy atom. The first kappa shape index (κ1) is 14.2. The molecular formula is C18H17N3OS. The van der Waals surface area contributed by atoms with Gasteiger partial charge in [0, 0.05) is 17.0 Å². The van der Waals surface area contributed by atoms with Gasteiger partial charge in [0.05, 0.1) is 11.7 Å². The van der Waals surface area contributed by atoms with Gasteiger partial charge in [-0.1, -0.05) is 30.3 Å². The topological polar surface area (TPSA) is 49.0 Å². The Labute approximate surface area is 138 Å². The first-order chi connectivity index (χ1) is 11.2. The number of aromatic amines is 1. The van der Waals surface area contributed by atoms with E-state index in [1.807, 2.05) is 41.3 Å². The van der Waals surface area contributed by atoms with Crippen molar-refractivity contribution in [1.82, 2.24) is 15.1 Å². The summed E-state index contributed by atoms with van der Waals surface area (Å²) in [5.74, 6) is 0.0176.